The van der Waals surface area contributed by atoms with E-state index >= 15 is 0 Å². The minimum absolute atomic E-state index is 0.0651. The van der Waals surface area contributed by atoms with E-state index in [1.165, 1.54) is 12.0 Å². The number of rotatable bonds is 1. The highest BCUT2D eigenvalue weighted by molar-refractivity contribution is 5.73. The number of hydrogen-bond donors (Lipinski definition) is 1. The average molecular weight is 193 g/mol. The number of carbonyl (C=O) groups is 1. The smallest absolute Gasteiger partial charge is 0.217 e. The molecule has 1 amide bonds. The van der Waals surface area contributed by atoms with Crippen LogP contribution in [-0.2, 0) is 4.79 Å². The molecule has 2 heteroatoms. The van der Waals surface area contributed by atoms with Crippen LogP contribution >= 0.6 is 0 Å². The van der Waals surface area contributed by atoms with Crippen LogP contribution in [-0.4, -0.2) is 11.9 Å². The van der Waals surface area contributed by atoms with E-state index < -0.39 is 0 Å². The van der Waals surface area contributed by atoms with Gasteiger partial charge in [-0.3, -0.25) is 4.79 Å². The largest absolute Gasteiger partial charge is 0.350 e. The molecular formula is C12H19NO. The van der Waals surface area contributed by atoms with Crippen molar-refractivity contribution in [3.63, 3.8) is 0 Å². The number of carbonyl (C=O) groups excluding carboxylic acids is 1. The summed E-state index contributed by atoms with van der Waals surface area (Å²) in [5.74, 6) is 1.46. The van der Waals surface area contributed by atoms with E-state index in [0.29, 0.717) is 11.3 Å². The lowest BCUT2D eigenvalue weighted by Gasteiger charge is -2.60. The lowest BCUT2D eigenvalue weighted by molar-refractivity contribution is -0.121. The monoisotopic (exact) mass is 193 g/mol. The molecule has 1 N–H and O–H groups in total. The number of amides is 1. The first-order chi connectivity index (χ1) is 6.43. The lowest BCUT2D eigenvalue weighted by atomic mass is 9.46. The van der Waals surface area contributed by atoms with Gasteiger partial charge in [0.25, 0.3) is 0 Å². The van der Waals surface area contributed by atoms with E-state index in [-0.39, 0.29) is 11.9 Å². The molecule has 2 bridgehead atoms. The van der Waals surface area contributed by atoms with Crippen LogP contribution in [0.15, 0.2) is 12.2 Å². The van der Waals surface area contributed by atoms with Gasteiger partial charge in [0, 0.05) is 6.92 Å². The van der Waals surface area contributed by atoms with Crippen molar-refractivity contribution in [3.05, 3.63) is 12.2 Å². The molecule has 3 rings (SSSR count). The maximum Gasteiger partial charge on any atom is 0.217 e. The summed E-state index contributed by atoms with van der Waals surface area (Å²) >= 11 is 0. The van der Waals surface area contributed by atoms with Gasteiger partial charge >= 0.3 is 0 Å². The third kappa shape index (κ3) is 1.20. The molecular weight excluding hydrogens is 174 g/mol. The summed E-state index contributed by atoms with van der Waals surface area (Å²) in [7, 11) is 0. The van der Waals surface area contributed by atoms with Gasteiger partial charge in [0.15, 0.2) is 0 Å². The summed E-state index contributed by atoms with van der Waals surface area (Å²) in [6, 6.07) is 0.240. The Morgan fingerprint density at radius 3 is 2.57 bits per heavy atom. The Morgan fingerprint density at radius 1 is 1.50 bits per heavy atom. The van der Waals surface area contributed by atoms with Crippen LogP contribution in [0.3, 0.4) is 0 Å². The topological polar surface area (TPSA) is 29.1 Å². The van der Waals surface area contributed by atoms with Crippen LogP contribution in [0.1, 0.15) is 33.6 Å². The van der Waals surface area contributed by atoms with Crippen molar-refractivity contribution in [1.29, 1.82) is 0 Å². The Balaban J connectivity index is 2.08. The molecule has 3 aliphatic carbocycles. The highest BCUT2D eigenvalue weighted by atomic mass is 16.1. The second kappa shape index (κ2) is 2.85. The molecule has 0 aromatic carbocycles. The first-order valence-electron chi connectivity index (χ1n) is 5.38. The van der Waals surface area contributed by atoms with Gasteiger partial charge in [-0.2, -0.15) is 0 Å². The van der Waals surface area contributed by atoms with Gasteiger partial charge in [-0.25, -0.2) is 0 Å². The fraction of sp³-hybridized carbons (Fsp3) is 0.750. The molecule has 3 saturated carbocycles. The molecule has 0 aromatic heterocycles. The van der Waals surface area contributed by atoms with Crippen LogP contribution in [0.4, 0.5) is 0 Å². The molecule has 0 spiro atoms. The first kappa shape index (κ1) is 9.75. The van der Waals surface area contributed by atoms with Crippen molar-refractivity contribution in [3.8, 4) is 0 Å². The van der Waals surface area contributed by atoms with E-state index in [4.69, 9.17) is 0 Å². The molecule has 3 atom stereocenters. The quantitative estimate of drug-likeness (QED) is 0.635. The maximum absolute atomic E-state index is 11.0. The third-order valence-electron chi connectivity index (χ3n) is 4.26. The molecule has 0 radical (unpaired) electrons. The van der Waals surface area contributed by atoms with E-state index in [1.807, 2.05) is 0 Å². The van der Waals surface area contributed by atoms with Crippen LogP contribution < -0.4 is 5.32 Å². The van der Waals surface area contributed by atoms with Gasteiger partial charge in [0.2, 0.25) is 5.91 Å². The average Bonchev–Trinajstić information content (AvgIpc) is 2.06. The molecule has 2 nitrogen and oxygen atoms in total. The zero-order valence-corrected chi connectivity index (χ0v) is 9.26. The minimum Gasteiger partial charge on any atom is -0.350 e. The molecule has 78 valence electrons. The lowest BCUT2D eigenvalue weighted by Crippen LogP contribution is -2.57. The highest BCUT2D eigenvalue weighted by Gasteiger charge is 2.54. The molecule has 0 unspecified atom stereocenters. The van der Waals surface area contributed by atoms with Crippen molar-refractivity contribution >= 4 is 5.91 Å². The Morgan fingerprint density at radius 2 is 2.14 bits per heavy atom. The summed E-state index contributed by atoms with van der Waals surface area (Å²) in [4.78, 5) is 11.0. The summed E-state index contributed by atoms with van der Waals surface area (Å²) in [6.45, 7) is 10.4. The van der Waals surface area contributed by atoms with Gasteiger partial charge in [0.05, 0.1) is 6.04 Å². The molecule has 0 aromatic rings. The maximum atomic E-state index is 11.0. The van der Waals surface area contributed by atoms with E-state index in [9.17, 15) is 4.79 Å². The Bertz CT molecular complexity index is 293. The fourth-order valence-electron chi connectivity index (χ4n) is 3.12. The molecule has 0 heterocycles. The summed E-state index contributed by atoms with van der Waals surface area (Å²) < 4.78 is 0. The second-order valence-electron chi connectivity index (χ2n) is 5.37. The fourth-order valence-corrected chi connectivity index (χ4v) is 3.12. The van der Waals surface area contributed by atoms with Gasteiger partial charge in [-0.1, -0.05) is 26.0 Å². The zero-order valence-electron chi connectivity index (χ0n) is 9.26. The van der Waals surface area contributed by atoms with Gasteiger partial charge in [0.1, 0.15) is 0 Å². The van der Waals surface area contributed by atoms with Crippen molar-refractivity contribution in [2.24, 2.45) is 17.3 Å². The van der Waals surface area contributed by atoms with Crippen molar-refractivity contribution in [2.45, 2.75) is 39.7 Å². The van der Waals surface area contributed by atoms with E-state index in [0.717, 1.165) is 12.3 Å². The Kier molecular flexibility index (Phi) is 1.98. The third-order valence-corrected chi connectivity index (χ3v) is 4.26. The van der Waals surface area contributed by atoms with Gasteiger partial charge < -0.3 is 5.32 Å². The minimum atomic E-state index is 0.0651. The number of fused-ring (bicyclic) bond motifs is 2. The Labute approximate surface area is 85.8 Å². The molecule has 3 fully saturated rings. The normalized spacial score (nSPS) is 38.8. The van der Waals surface area contributed by atoms with Crippen LogP contribution in [0, 0.1) is 17.3 Å². The van der Waals surface area contributed by atoms with Gasteiger partial charge in [-0.15, -0.1) is 0 Å². The molecule has 3 aliphatic rings. The summed E-state index contributed by atoms with van der Waals surface area (Å²) in [5.41, 5.74) is 1.67. The molecule has 14 heavy (non-hydrogen) atoms. The van der Waals surface area contributed by atoms with Crippen LogP contribution in [0.2, 0.25) is 0 Å². The van der Waals surface area contributed by atoms with Crippen LogP contribution in [0.25, 0.3) is 0 Å². The highest BCUT2D eigenvalue weighted by Crippen LogP contribution is 2.60. The predicted molar refractivity (Wildman–Crippen MR) is 56.7 cm³/mol. The van der Waals surface area contributed by atoms with Crippen LogP contribution in [0.5, 0.6) is 0 Å². The molecule has 0 aliphatic heterocycles. The van der Waals surface area contributed by atoms with Crippen molar-refractivity contribution in [1.82, 2.24) is 5.32 Å². The summed E-state index contributed by atoms with van der Waals surface area (Å²) in [5, 5.41) is 2.99. The Hall–Kier alpha value is -0.790. The second-order valence-corrected chi connectivity index (χ2v) is 5.37. The SMILES string of the molecule is C=C1[C@@H](NC(C)=O)C[C@H]2C[C@H]1C2(C)C. The number of nitrogens with one attached hydrogen (secondary N) is 1. The molecule has 0 saturated heterocycles. The number of hydrogen-bond acceptors (Lipinski definition) is 1. The first-order valence-corrected chi connectivity index (χ1v) is 5.38. The van der Waals surface area contributed by atoms with E-state index in [2.05, 4.69) is 25.7 Å². The summed E-state index contributed by atoms with van der Waals surface area (Å²) in [6.07, 6.45) is 2.36. The standard InChI is InChI=1S/C12H19NO/c1-7-10-5-9(12(10,3)4)6-11(7)13-8(2)14/h9-11H,1,5-6H2,2-4H3,(H,13,14)/t9-,10-,11+/m1/s1. The van der Waals surface area contributed by atoms with E-state index in [1.54, 1.807) is 6.92 Å². The van der Waals surface area contributed by atoms with Crippen molar-refractivity contribution in [2.75, 3.05) is 0 Å². The zero-order chi connectivity index (χ0) is 10.5. The predicted octanol–water partition coefficient (Wildman–Crippen LogP) is 2.11. The van der Waals surface area contributed by atoms with Gasteiger partial charge in [-0.05, 0) is 30.1 Å². The van der Waals surface area contributed by atoms with Crippen molar-refractivity contribution < 1.29 is 4.79 Å².